The van der Waals surface area contributed by atoms with E-state index in [1.807, 2.05) is 25.7 Å². The van der Waals surface area contributed by atoms with Gasteiger partial charge in [0, 0.05) is 19.2 Å². The third-order valence-electron chi connectivity index (χ3n) is 3.97. The molecule has 1 aliphatic heterocycles. The molecule has 2 fully saturated rings. The number of amides is 1. The zero-order valence-electron chi connectivity index (χ0n) is 11.7. The first-order valence-corrected chi connectivity index (χ1v) is 6.96. The topological polar surface area (TPSA) is 49.8 Å². The van der Waals surface area contributed by atoms with Gasteiger partial charge in [-0.1, -0.05) is 0 Å². The molecule has 1 amide bonds. The van der Waals surface area contributed by atoms with Crippen molar-refractivity contribution >= 4 is 6.09 Å². The third-order valence-corrected chi connectivity index (χ3v) is 3.97. The molecule has 104 valence electrons. The molecule has 1 N–H and O–H groups in total. The number of carbonyl (C=O) groups is 1. The third kappa shape index (κ3) is 3.16. The van der Waals surface area contributed by atoms with Crippen molar-refractivity contribution in [2.24, 2.45) is 5.41 Å². The van der Waals surface area contributed by atoms with Crippen molar-refractivity contribution in [2.45, 2.75) is 64.5 Å². The van der Waals surface area contributed by atoms with E-state index in [0.717, 1.165) is 38.6 Å². The summed E-state index contributed by atoms with van der Waals surface area (Å²) in [7, 11) is 0. The summed E-state index contributed by atoms with van der Waals surface area (Å²) in [4.78, 5) is 14.0. The van der Waals surface area contributed by atoms with Gasteiger partial charge in [-0.05, 0) is 58.3 Å². The Labute approximate surface area is 109 Å². The SMILES string of the molecule is CC(C)(C)OC(=O)N1CCCC1CC1(CO)CC1. The predicted octanol–water partition coefficient (Wildman–Crippen LogP) is 2.55. The van der Waals surface area contributed by atoms with Crippen LogP contribution in [0.4, 0.5) is 4.79 Å². The molecular formula is C14H25NO3. The van der Waals surface area contributed by atoms with E-state index in [9.17, 15) is 9.90 Å². The zero-order chi connectivity index (χ0) is 13.4. The van der Waals surface area contributed by atoms with E-state index in [2.05, 4.69) is 0 Å². The molecule has 0 aromatic heterocycles. The number of aliphatic hydroxyl groups excluding tert-OH is 1. The van der Waals surface area contributed by atoms with Crippen LogP contribution in [0.3, 0.4) is 0 Å². The highest BCUT2D eigenvalue weighted by atomic mass is 16.6. The summed E-state index contributed by atoms with van der Waals surface area (Å²) in [6.07, 6.45) is 5.03. The maximum Gasteiger partial charge on any atom is 0.410 e. The average molecular weight is 255 g/mol. The van der Waals surface area contributed by atoms with Gasteiger partial charge in [0.2, 0.25) is 0 Å². The fourth-order valence-corrected chi connectivity index (χ4v) is 2.71. The van der Waals surface area contributed by atoms with Crippen molar-refractivity contribution < 1.29 is 14.6 Å². The maximum absolute atomic E-state index is 12.1. The highest BCUT2D eigenvalue weighted by Crippen LogP contribution is 2.50. The lowest BCUT2D eigenvalue weighted by Crippen LogP contribution is -2.41. The number of aliphatic hydroxyl groups is 1. The van der Waals surface area contributed by atoms with E-state index >= 15 is 0 Å². The summed E-state index contributed by atoms with van der Waals surface area (Å²) in [5, 5.41) is 9.39. The van der Waals surface area contributed by atoms with Crippen LogP contribution in [0.2, 0.25) is 0 Å². The summed E-state index contributed by atoms with van der Waals surface area (Å²) < 4.78 is 5.44. The summed E-state index contributed by atoms with van der Waals surface area (Å²) in [5.74, 6) is 0. The van der Waals surface area contributed by atoms with Gasteiger partial charge < -0.3 is 14.7 Å². The van der Waals surface area contributed by atoms with E-state index < -0.39 is 5.60 Å². The van der Waals surface area contributed by atoms with Crippen LogP contribution in [0, 0.1) is 5.41 Å². The Balaban J connectivity index is 1.93. The fraction of sp³-hybridized carbons (Fsp3) is 0.929. The number of carbonyl (C=O) groups excluding carboxylic acids is 1. The second kappa shape index (κ2) is 4.72. The second-order valence-electron chi connectivity index (χ2n) is 6.83. The predicted molar refractivity (Wildman–Crippen MR) is 69.3 cm³/mol. The first-order chi connectivity index (χ1) is 8.35. The van der Waals surface area contributed by atoms with Crippen molar-refractivity contribution in [2.75, 3.05) is 13.2 Å². The molecule has 0 aromatic carbocycles. The van der Waals surface area contributed by atoms with Crippen LogP contribution < -0.4 is 0 Å². The fourth-order valence-electron chi connectivity index (χ4n) is 2.71. The van der Waals surface area contributed by atoms with Crippen molar-refractivity contribution in [1.29, 1.82) is 0 Å². The van der Waals surface area contributed by atoms with Crippen LogP contribution in [0.15, 0.2) is 0 Å². The molecule has 4 heteroatoms. The van der Waals surface area contributed by atoms with Gasteiger partial charge in [0.05, 0.1) is 0 Å². The van der Waals surface area contributed by atoms with E-state index in [1.165, 1.54) is 0 Å². The average Bonchev–Trinajstić information content (AvgIpc) is 2.86. The Bertz CT molecular complexity index is 317. The van der Waals surface area contributed by atoms with E-state index in [0.29, 0.717) is 0 Å². The van der Waals surface area contributed by atoms with Gasteiger partial charge in [-0.15, -0.1) is 0 Å². The minimum atomic E-state index is -0.432. The Morgan fingerprint density at radius 3 is 2.61 bits per heavy atom. The minimum absolute atomic E-state index is 0.106. The van der Waals surface area contributed by atoms with Crippen LogP contribution >= 0.6 is 0 Å². The van der Waals surface area contributed by atoms with Crippen molar-refractivity contribution in [3.05, 3.63) is 0 Å². The van der Waals surface area contributed by atoms with Crippen LogP contribution in [0.25, 0.3) is 0 Å². The number of rotatable bonds is 3. The Morgan fingerprint density at radius 2 is 2.11 bits per heavy atom. The second-order valence-corrected chi connectivity index (χ2v) is 6.83. The molecule has 1 unspecified atom stereocenters. The standard InChI is InChI=1S/C14H25NO3/c1-13(2,3)18-12(17)15-8-4-5-11(15)9-14(10-16)6-7-14/h11,16H,4-10H2,1-3H3. The molecule has 1 heterocycles. The van der Waals surface area contributed by atoms with E-state index in [-0.39, 0.29) is 24.2 Å². The van der Waals surface area contributed by atoms with E-state index in [4.69, 9.17) is 4.74 Å². The molecule has 0 bridgehead atoms. The summed E-state index contributed by atoms with van der Waals surface area (Å²) in [6.45, 7) is 6.73. The van der Waals surface area contributed by atoms with Crippen LogP contribution in [-0.4, -0.2) is 40.9 Å². The molecule has 0 spiro atoms. The van der Waals surface area contributed by atoms with Gasteiger partial charge >= 0.3 is 6.09 Å². The number of hydrogen-bond acceptors (Lipinski definition) is 3. The number of ether oxygens (including phenoxy) is 1. The first-order valence-electron chi connectivity index (χ1n) is 6.96. The van der Waals surface area contributed by atoms with Gasteiger partial charge in [-0.25, -0.2) is 4.79 Å². The van der Waals surface area contributed by atoms with Gasteiger partial charge in [0.25, 0.3) is 0 Å². The van der Waals surface area contributed by atoms with E-state index in [1.54, 1.807) is 0 Å². The molecule has 2 aliphatic rings. The van der Waals surface area contributed by atoms with Gasteiger partial charge in [0.15, 0.2) is 0 Å². The quantitative estimate of drug-likeness (QED) is 0.843. The lowest BCUT2D eigenvalue weighted by molar-refractivity contribution is 0.0193. The molecule has 1 saturated heterocycles. The monoisotopic (exact) mass is 255 g/mol. The van der Waals surface area contributed by atoms with Crippen molar-refractivity contribution in [3.63, 3.8) is 0 Å². The minimum Gasteiger partial charge on any atom is -0.444 e. The molecule has 1 aliphatic carbocycles. The van der Waals surface area contributed by atoms with Crippen molar-refractivity contribution in [1.82, 2.24) is 4.90 Å². The number of hydrogen-bond donors (Lipinski definition) is 1. The Hall–Kier alpha value is -0.770. The molecule has 18 heavy (non-hydrogen) atoms. The molecule has 1 atom stereocenters. The normalized spacial score (nSPS) is 26.2. The molecule has 4 nitrogen and oxygen atoms in total. The highest BCUT2D eigenvalue weighted by molar-refractivity contribution is 5.69. The molecule has 1 saturated carbocycles. The lowest BCUT2D eigenvalue weighted by atomic mass is 9.96. The first kappa shape index (κ1) is 13.7. The van der Waals surface area contributed by atoms with Crippen LogP contribution in [-0.2, 0) is 4.74 Å². The van der Waals surface area contributed by atoms with Crippen molar-refractivity contribution in [3.8, 4) is 0 Å². The van der Waals surface area contributed by atoms with Gasteiger partial charge in [0.1, 0.15) is 5.60 Å². The summed E-state index contributed by atoms with van der Waals surface area (Å²) in [6, 6.07) is 0.259. The van der Waals surface area contributed by atoms with Crippen LogP contribution in [0.1, 0.15) is 52.9 Å². The molecule has 0 aromatic rings. The Morgan fingerprint density at radius 1 is 1.44 bits per heavy atom. The smallest absolute Gasteiger partial charge is 0.410 e. The maximum atomic E-state index is 12.1. The molecule has 0 radical (unpaired) electrons. The Kier molecular flexibility index (Phi) is 3.58. The largest absolute Gasteiger partial charge is 0.444 e. The summed E-state index contributed by atoms with van der Waals surface area (Å²) in [5.41, 5.74) is -0.326. The number of likely N-dealkylation sites (tertiary alicyclic amines) is 1. The summed E-state index contributed by atoms with van der Waals surface area (Å²) >= 11 is 0. The van der Waals surface area contributed by atoms with Gasteiger partial charge in [-0.3, -0.25) is 0 Å². The zero-order valence-corrected chi connectivity index (χ0v) is 11.7. The molecular weight excluding hydrogens is 230 g/mol. The molecule has 2 rings (SSSR count). The highest BCUT2D eigenvalue weighted by Gasteiger charge is 2.46. The van der Waals surface area contributed by atoms with Crippen LogP contribution in [0.5, 0.6) is 0 Å². The lowest BCUT2D eigenvalue weighted by Gasteiger charge is -2.30. The number of nitrogens with zero attached hydrogens (tertiary/aromatic N) is 1. The van der Waals surface area contributed by atoms with Gasteiger partial charge in [-0.2, -0.15) is 0 Å².